The van der Waals surface area contributed by atoms with E-state index in [0.29, 0.717) is 18.8 Å². The van der Waals surface area contributed by atoms with Crippen molar-refractivity contribution >= 4 is 11.9 Å². The summed E-state index contributed by atoms with van der Waals surface area (Å²) in [6.07, 6.45) is 1.18. The molecule has 0 aliphatic carbocycles. The maximum absolute atomic E-state index is 10.8. The zero-order chi connectivity index (χ0) is 18.3. The van der Waals surface area contributed by atoms with Crippen LogP contribution in [-0.2, 0) is 19.1 Å². The van der Waals surface area contributed by atoms with Gasteiger partial charge in [-0.05, 0) is 34.1 Å². The van der Waals surface area contributed by atoms with E-state index in [1.807, 2.05) is 19.0 Å². The van der Waals surface area contributed by atoms with Crippen LogP contribution in [0.15, 0.2) is 24.8 Å². The van der Waals surface area contributed by atoms with Crippen LogP contribution < -0.4 is 0 Å². The molecular formula is C17H32N2O4. The maximum Gasteiger partial charge on any atom is 0.333 e. The lowest BCUT2D eigenvalue weighted by atomic mass is 10.4. The third-order valence-corrected chi connectivity index (χ3v) is 2.83. The fourth-order valence-corrected chi connectivity index (χ4v) is 1.32. The Balaban J connectivity index is 0. The number of hydrogen-bond acceptors (Lipinski definition) is 6. The second-order valence-electron chi connectivity index (χ2n) is 5.12. The highest BCUT2D eigenvalue weighted by atomic mass is 16.5. The summed E-state index contributed by atoms with van der Waals surface area (Å²) in [6, 6.07) is 0. The molecule has 0 radical (unpaired) electrons. The number of nitrogens with zero attached hydrogens (tertiary/aromatic N) is 2. The van der Waals surface area contributed by atoms with Gasteiger partial charge in [0.1, 0.15) is 13.2 Å². The number of hydrogen-bond donors (Lipinski definition) is 0. The molecule has 0 unspecified atom stereocenters. The number of ether oxygens (including phenoxy) is 2. The van der Waals surface area contributed by atoms with Gasteiger partial charge in [-0.15, -0.1) is 0 Å². The molecule has 0 heterocycles. The van der Waals surface area contributed by atoms with Crippen molar-refractivity contribution < 1.29 is 19.1 Å². The fraction of sp³-hybridized carbons (Fsp3) is 0.647. The monoisotopic (exact) mass is 328 g/mol. The molecular weight excluding hydrogens is 296 g/mol. The number of carbonyl (C=O) groups excluding carboxylic acids is 2. The number of likely N-dealkylation sites (N-methyl/N-ethyl adjacent to an activating group) is 2. The van der Waals surface area contributed by atoms with Crippen molar-refractivity contribution in [1.82, 2.24) is 9.80 Å². The topological polar surface area (TPSA) is 59.1 Å². The first-order chi connectivity index (χ1) is 10.8. The van der Waals surface area contributed by atoms with Gasteiger partial charge in [0.15, 0.2) is 0 Å². The van der Waals surface area contributed by atoms with E-state index in [1.165, 1.54) is 6.08 Å². The minimum Gasteiger partial charge on any atom is -0.461 e. The molecule has 0 saturated heterocycles. The average Bonchev–Trinajstić information content (AvgIpc) is 2.51. The summed E-state index contributed by atoms with van der Waals surface area (Å²) in [7, 11) is 3.85. The summed E-state index contributed by atoms with van der Waals surface area (Å²) in [5, 5.41) is 0. The molecule has 0 amide bonds. The Morgan fingerprint density at radius 2 is 1.57 bits per heavy atom. The highest BCUT2D eigenvalue weighted by Crippen LogP contribution is 1.91. The van der Waals surface area contributed by atoms with Gasteiger partial charge in [0.25, 0.3) is 0 Å². The Bertz CT molecular complexity index is 364. The molecule has 0 rings (SSSR count). The summed E-state index contributed by atoms with van der Waals surface area (Å²) < 4.78 is 9.66. The maximum atomic E-state index is 10.8. The lowest BCUT2D eigenvalue weighted by molar-refractivity contribution is -0.139. The Labute approximate surface area is 140 Å². The van der Waals surface area contributed by atoms with Crippen LogP contribution in [0.2, 0.25) is 0 Å². The van der Waals surface area contributed by atoms with Crippen LogP contribution in [0.3, 0.4) is 0 Å². The summed E-state index contributed by atoms with van der Waals surface area (Å²) in [6.45, 7) is 17.0. The van der Waals surface area contributed by atoms with Crippen molar-refractivity contribution in [1.29, 1.82) is 0 Å². The minimum atomic E-state index is -0.345. The lowest BCUT2D eigenvalue weighted by Crippen LogP contribution is -2.27. The van der Waals surface area contributed by atoms with E-state index in [4.69, 9.17) is 9.47 Å². The van der Waals surface area contributed by atoms with Gasteiger partial charge < -0.3 is 19.3 Å². The molecule has 0 saturated carbocycles. The van der Waals surface area contributed by atoms with Gasteiger partial charge in [0.05, 0.1) is 0 Å². The molecule has 0 spiro atoms. The van der Waals surface area contributed by atoms with Crippen LogP contribution in [0.5, 0.6) is 0 Å². The van der Waals surface area contributed by atoms with Crippen LogP contribution in [0.1, 0.15) is 20.8 Å². The first-order valence-corrected chi connectivity index (χ1v) is 7.77. The van der Waals surface area contributed by atoms with E-state index in [-0.39, 0.29) is 11.9 Å². The van der Waals surface area contributed by atoms with E-state index in [2.05, 4.69) is 31.9 Å². The van der Waals surface area contributed by atoms with Gasteiger partial charge in [-0.2, -0.15) is 0 Å². The van der Waals surface area contributed by atoms with Crippen LogP contribution in [-0.4, -0.2) is 75.2 Å². The molecule has 0 aliphatic heterocycles. The van der Waals surface area contributed by atoms with Crippen LogP contribution >= 0.6 is 0 Å². The molecule has 23 heavy (non-hydrogen) atoms. The molecule has 134 valence electrons. The van der Waals surface area contributed by atoms with Crippen LogP contribution in [0, 0.1) is 0 Å². The summed E-state index contributed by atoms with van der Waals surface area (Å²) >= 11 is 0. The predicted molar refractivity (Wildman–Crippen MR) is 93.3 cm³/mol. The molecule has 0 bridgehead atoms. The summed E-state index contributed by atoms with van der Waals surface area (Å²) in [5.74, 6) is -0.658. The highest BCUT2D eigenvalue weighted by molar-refractivity contribution is 5.86. The van der Waals surface area contributed by atoms with Gasteiger partial charge in [-0.1, -0.05) is 27.0 Å². The van der Waals surface area contributed by atoms with Gasteiger partial charge >= 0.3 is 11.9 Å². The van der Waals surface area contributed by atoms with Gasteiger partial charge in [0, 0.05) is 24.7 Å². The molecule has 0 aromatic rings. The highest BCUT2D eigenvalue weighted by Gasteiger charge is 2.01. The normalized spacial score (nSPS) is 9.87. The van der Waals surface area contributed by atoms with Gasteiger partial charge in [0.2, 0.25) is 0 Å². The van der Waals surface area contributed by atoms with E-state index >= 15 is 0 Å². The lowest BCUT2D eigenvalue weighted by Gasteiger charge is -2.16. The van der Waals surface area contributed by atoms with Crippen molar-refractivity contribution in [2.75, 3.05) is 53.5 Å². The zero-order valence-corrected chi connectivity index (χ0v) is 15.3. The molecule has 6 heteroatoms. The van der Waals surface area contributed by atoms with Crippen LogP contribution in [0.25, 0.3) is 0 Å². The van der Waals surface area contributed by atoms with Crippen molar-refractivity contribution in [3.8, 4) is 0 Å². The molecule has 0 atom stereocenters. The first-order valence-electron chi connectivity index (χ1n) is 7.77. The second kappa shape index (κ2) is 15.2. The molecule has 0 fully saturated rings. The standard InChI is InChI=1S/C9H17NO2.C8H15NO2/c1-4-9(11)12-8-7-10(5-2)6-3;1-7(2)8(10)11-6-5-9(3)4/h4H,1,5-8H2,2-3H3;1,5-6H2,2-4H3. The quantitative estimate of drug-likeness (QED) is 0.450. The van der Waals surface area contributed by atoms with E-state index in [1.54, 1.807) is 6.92 Å². The van der Waals surface area contributed by atoms with Crippen LogP contribution in [0.4, 0.5) is 0 Å². The predicted octanol–water partition coefficient (Wildman–Crippen LogP) is 1.72. The molecule has 0 aromatic carbocycles. The largest absolute Gasteiger partial charge is 0.461 e. The van der Waals surface area contributed by atoms with Crippen molar-refractivity contribution in [2.24, 2.45) is 0 Å². The van der Waals surface area contributed by atoms with E-state index in [9.17, 15) is 9.59 Å². The first kappa shape index (κ1) is 23.6. The van der Waals surface area contributed by atoms with Crippen molar-refractivity contribution in [3.05, 3.63) is 24.8 Å². The summed E-state index contributed by atoms with van der Waals surface area (Å²) in [5.41, 5.74) is 0.448. The van der Waals surface area contributed by atoms with E-state index in [0.717, 1.165) is 26.2 Å². The van der Waals surface area contributed by atoms with Gasteiger partial charge in [-0.3, -0.25) is 0 Å². The van der Waals surface area contributed by atoms with Crippen molar-refractivity contribution in [2.45, 2.75) is 20.8 Å². The number of esters is 2. The SMILES string of the molecule is C=C(C)C(=O)OCCN(C)C.C=CC(=O)OCCN(CC)CC. The summed E-state index contributed by atoms with van der Waals surface area (Å²) in [4.78, 5) is 25.5. The molecule has 0 N–H and O–H groups in total. The Hall–Kier alpha value is -1.66. The Morgan fingerprint density at radius 3 is 1.96 bits per heavy atom. The zero-order valence-electron chi connectivity index (χ0n) is 15.3. The smallest absolute Gasteiger partial charge is 0.333 e. The Kier molecular flexibility index (Phi) is 15.6. The molecule has 0 aromatic heterocycles. The second-order valence-corrected chi connectivity index (χ2v) is 5.12. The Morgan fingerprint density at radius 1 is 1.04 bits per heavy atom. The number of carbonyl (C=O) groups is 2. The van der Waals surface area contributed by atoms with E-state index < -0.39 is 0 Å². The third kappa shape index (κ3) is 16.5. The minimum absolute atomic E-state index is 0.313. The third-order valence-electron chi connectivity index (χ3n) is 2.83. The molecule has 6 nitrogen and oxygen atoms in total. The van der Waals surface area contributed by atoms with Gasteiger partial charge in [-0.25, -0.2) is 9.59 Å². The number of rotatable bonds is 10. The van der Waals surface area contributed by atoms with Crippen molar-refractivity contribution in [3.63, 3.8) is 0 Å². The fourth-order valence-electron chi connectivity index (χ4n) is 1.32. The average molecular weight is 328 g/mol. The molecule has 0 aliphatic rings.